The van der Waals surface area contributed by atoms with Gasteiger partial charge in [-0.15, -0.1) is 0 Å². The van der Waals surface area contributed by atoms with Gasteiger partial charge in [-0.3, -0.25) is 0 Å². The van der Waals surface area contributed by atoms with Crippen LogP contribution < -0.4 is 14.8 Å². The Kier molecular flexibility index (Phi) is 3.93. The predicted molar refractivity (Wildman–Crippen MR) is 94.6 cm³/mol. The Hall–Kier alpha value is -3.54. The summed E-state index contributed by atoms with van der Waals surface area (Å²) in [6.07, 6.45) is 0. The van der Waals surface area contributed by atoms with Gasteiger partial charge in [0.2, 0.25) is 6.79 Å². The van der Waals surface area contributed by atoms with Crippen molar-refractivity contribution in [2.24, 2.45) is 0 Å². The van der Waals surface area contributed by atoms with Crippen molar-refractivity contribution in [2.75, 3.05) is 12.1 Å². The Morgan fingerprint density at radius 3 is 2.38 bits per heavy atom. The number of hydrogen-bond donors (Lipinski definition) is 2. The maximum atomic E-state index is 13.1. The van der Waals surface area contributed by atoms with Gasteiger partial charge >= 0.3 is 5.97 Å². The van der Waals surface area contributed by atoms with Crippen LogP contribution in [0.5, 0.6) is 11.5 Å². The van der Waals surface area contributed by atoms with Crippen molar-refractivity contribution in [3.63, 3.8) is 0 Å². The third kappa shape index (κ3) is 3.04. The van der Waals surface area contributed by atoms with E-state index in [4.69, 9.17) is 9.47 Å². The van der Waals surface area contributed by atoms with Gasteiger partial charge in [-0.2, -0.15) is 0 Å². The molecule has 0 fully saturated rings. The summed E-state index contributed by atoms with van der Waals surface area (Å²) in [6, 6.07) is 16.3. The van der Waals surface area contributed by atoms with Crippen LogP contribution in [-0.4, -0.2) is 17.9 Å². The number of aromatic carboxylic acids is 1. The van der Waals surface area contributed by atoms with E-state index in [0.717, 1.165) is 11.1 Å². The molecule has 26 heavy (non-hydrogen) atoms. The smallest absolute Gasteiger partial charge is 0.337 e. The van der Waals surface area contributed by atoms with Gasteiger partial charge in [0.15, 0.2) is 11.5 Å². The van der Waals surface area contributed by atoms with E-state index in [1.54, 1.807) is 24.3 Å². The first kappa shape index (κ1) is 16.0. The Morgan fingerprint density at radius 2 is 1.62 bits per heavy atom. The van der Waals surface area contributed by atoms with E-state index in [1.807, 2.05) is 18.2 Å². The molecule has 1 heterocycles. The fourth-order valence-corrected chi connectivity index (χ4v) is 2.78. The molecule has 0 unspecified atom stereocenters. The lowest BCUT2D eigenvalue weighted by atomic mass is 10.0. The van der Waals surface area contributed by atoms with E-state index in [1.165, 1.54) is 18.2 Å². The Balaban J connectivity index is 1.73. The highest BCUT2D eigenvalue weighted by atomic mass is 19.1. The molecule has 5 nitrogen and oxygen atoms in total. The zero-order valence-electron chi connectivity index (χ0n) is 13.5. The van der Waals surface area contributed by atoms with Gasteiger partial charge < -0.3 is 19.9 Å². The van der Waals surface area contributed by atoms with Crippen LogP contribution in [0.25, 0.3) is 11.1 Å². The Bertz CT molecular complexity index is 986. The molecule has 0 aliphatic carbocycles. The van der Waals surface area contributed by atoms with E-state index >= 15 is 0 Å². The van der Waals surface area contributed by atoms with E-state index in [9.17, 15) is 14.3 Å². The number of halogens is 1. The summed E-state index contributed by atoms with van der Waals surface area (Å²) in [5.74, 6) is -0.0756. The van der Waals surface area contributed by atoms with E-state index in [0.29, 0.717) is 22.9 Å². The van der Waals surface area contributed by atoms with Crippen LogP contribution in [0, 0.1) is 5.82 Å². The normalized spacial score (nSPS) is 12.0. The maximum Gasteiger partial charge on any atom is 0.337 e. The predicted octanol–water partition coefficient (Wildman–Crippen LogP) is 4.66. The summed E-state index contributed by atoms with van der Waals surface area (Å²) in [4.78, 5) is 11.5. The second-order valence-corrected chi connectivity index (χ2v) is 5.77. The van der Waals surface area contributed by atoms with Crippen molar-refractivity contribution < 1.29 is 23.8 Å². The lowest BCUT2D eigenvalue weighted by Gasteiger charge is -2.12. The summed E-state index contributed by atoms with van der Waals surface area (Å²) in [5, 5.41) is 12.5. The highest BCUT2D eigenvalue weighted by molar-refractivity contribution is 5.96. The fraction of sp³-hybridized carbons (Fsp3) is 0.0500. The van der Waals surface area contributed by atoms with Crippen LogP contribution in [-0.2, 0) is 0 Å². The van der Waals surface area contributed by atoms with Crippen molar-refractivity contribution in [3.05, 3.63) is 72.0 Å². The second-order valence-electron chi connectivity index (χ2n) is 5.77. The summed E-state index contributed by atoms with van der Waals surface area (Å²) < 4.78 is 23.8. The molecule has 0 amide bonds. The van der Waals surface area contributed by atoms with Crippen LogP contribution in [0.4, 0.5) is 15.8 Å². The molecule has 4 rings (SSSR count). The molecule has 3 aromatic carbocycles. The van der Waals surface area contributed by atoms with Crippen LogP contribution >= 0.6 is 0 Å². The minimum Gasteiger partial charge on any atom is -0.478 e. The molecule has 1 aliphatic heterocycles. The molecule has 0 saturated carbocycles. The van der Waals surface area contributed by atoms with Gasteiger partial charge in [-0.1, -0.05) is 12.1 Å². The minimum absolute atomic E-state index is 0.124. The van der Waals surface area contributed by atoms with Gasteiger partial charge in [0.25, 0.3) is 0 Å². The third-order valence-electron chi connectivity index (χ3n) is 4.08. The number of carboxylic acids is 1. The van der Waals surface area contributed by atoms with Crippen LogP contribution in [0.3, 0.4) is 0 Å². The van der Waals surface area contributed by atoms with Crippen molar-refractivity contribution in [1.29, 1.82) is 0 Å². The first-order valence-corrected chi connectivity index (χ1v) is 7.90. The fourth-order valence-electron chi connectivity index (χ4n) is 2.78. The van der Waals surface area contributed by atoms with Crippen LogP contribution in [0.15, 0.2) is 60.7 Å². The zero-order chi connectivity index (χ0) is 18.1. The van der Waals surface area contributed by atoms with Gasteiger partial charge in [0.05, 0.1) is 11.3 Å². The van der Waals surface area contributed by atoms with Crippen molar-refractivity contribution in [1.82, 2.24) is 0 Å². The topological polar surface area (TPSA) is 67.8 Å². The molecule has 0 radical (unpaired) electrons. The third-order valence-corrected chi connectivity index (χ3v) is 4.08. The molecule has 0 atom stereocenters. The standard InChI is InChI=1S/C20H14FNO4/c21-14-3-5-15(6-4-14)22-17-9-12(1-7-16(17)20(23)24)13-2-8-18-19(10-13)26-11-25-18/h1-10,22H,11H2,(H,23,24). The molecule has 0 saturated heterocycles. The minimum atomic E-state index is -1.05. The molecule has 0 aromatic heterocycles. The first-order chi connectivity index (χ1) is 12.6. The highest BCUT2D eigenvalue weighted by Crippen LogP contribution is 2.37. The summed E-state index contributed by atoms with van der Waals surface area (Å²) in [6.45, 7) is 0.189. The van der Waals surface area contributed by atoms with E-state index < -0.39 is 5.97 Å². The number of carboxylic acid groups (broad SMARTS) is 1. The zero-order valence-corrected chi connectivity index (χ0v) is 13.5. The van der Waals surface area contributed by atoms with Crippen LogP contribution in [0.2, 0.25) is 0 Å². The lowest BCUT2D eigenvalue weighted by Crippen LogP contribution is -2.03. The maximum absolute atomic E-state index is 13.1. The number of hydrogen-bond acceptors (Lipinski definition) is 4. The Morgan fingerprint density at radius 1 is 0.923 bits per heavy atom. The largest absolute Gasteiger partial charge is 0.478 e. The van der Waals surface area contributed by atoms with Gasteiger partial charge in [0.1, 0.15) is 5.82 Å². The van der Waals surface area contributed by atoms with Gasteiger partial charge in [-0.05, 0) is 59.7 Å². The van der Waals surface area contributed by atoms with E-state index in [2.05, 4.69) is 5.32 Å². The quantitative estimate of drug-likeness (QED) is 0.715. The van der Waals surface area contributed by atoms with Crippen molar-refractivity contribution in [3.8, 4) is 22.6 Å². The molecular weight excluding hydrogens is 337 g/mol. The number of nitrogens with one attached hydrogen (secondary N) is 1. The number of anilines is 2. The molecular formula is C20H14FNO4. The van der Waals surface area contributed by atoms with E-state index in [-0.39, 0.29) is 18.2 Å². The molecule has 6 heteroatoms. The van der Waals surface area contributed by atoms with Crippen LogP contribution in [0.1, 0.15) is 10.4 Å². The first-order valence-electron chi connectivity index (χ1n) is 7.90. The second kappa shape index (κ2) is 6.40. The number of fused-ring (bicyclic) bond motifs is 1. The monoisotopic (exact) mass is 351 g/mol. The molecule has 3 aromatic rings. The average Bonchev–Trinajstić information content (AvgIpc) is 3.11. The average molecular weight is 351 g/mol. The molecule has 0 bridgehead atoms. The number of carbonyl (C=O) groups is 1. The molecule has 2 N–H and O–H groups in total. The lowest BCUT2D eigenvalue weighted by molar-refractivity contribution is 0.0698. The molecule has 130 valence electrons. The Labute approximate surface area is 148 Å². The highest BCUT2D eigenvalue weighted by Gasteiger charge is 2.16. The van der Waals surface area contributed by atoms with Crippen molar-refractivity contribution in [2.45, 2.75) is 0 Å². The summed E-state index contributed by atoms with van der Waals surface area (Å²) in [5.41, 5.74) is 2.82. The molecule has 0 spiro atoms. The van der Waals surface area contributed by atoms with Gasteiger partial charge in [0, 0.05) is 5.69 Å². The number of ether oxygens (including phenoxy) is 2. The number of benzene rings is 3. The van der Waals surface area contributed by atoms with Crippen molar-refractivity contribution >= 4 is 17.3 Å². The molecule has 1 aliphatic rings. The summed E-state index contributed by atoms with van der Waals surface area (Å²) >= 11 is 0. The SMILES string of the molecule is O=C(O)c1ccc(-c2ccc3c(c2)OCO3)cc1Nc1ccc(F)cc1. The number of rotatable bonds is 4. The van der Waals surface area contributed by atoms with Gasteiger partial charge in [-0.25, -0.2) is 9.18 Å². The summed E-state index contributed by atoms with van der Waals surface area (Å²) in [7, 11) is 0.